The molecule has 0 atom stereocenters. The molecule has 0 radical (unpaired) electrons. The fourth-order valence-corrected chi connectivity index (χ4v) is 2.82. The van der Waals surface area contributed by atoms with Gasteiger partial charge in [-0.25, -0.2) is 0 Å². The van der Waals surface area contributed by atoms with E-state index in [-0.39, 0.29) is 31.4 Å². The maximum atomic E-state index is 12.1. The van der Waals surface area contributed by atoms with Crippen LogP contribution in [-0.2, 0) is 9.59 Å². The Hall–Kier alpha value is -2.34. The van der Waals surface area contributed by atoms with Crippen LogP contribution in [-0.4, -0.2) is 36.9 Å². The van der Waals surface area contributed by atoms with Crippen molar-refractivity contribution in [3.8, 4) is 5.75 Å². The van der Waals surface area contributed by atoms with Gasteiger partial charge in [-0.2, -0.15) is 0 Å². The van der Waals surface area contributed by atoms with Gasteiger partial charge in [0.05, 0.1) is 19.6 Å². The standard InChI is InChI=1S/C20H23BrN2O3/c1-14-4-7-17(8-5-14)26-11-10-20(25)23(3)13-19(24)22-18-9-6-16(21)12-15(18)2/h4-9,12H,10-11,13H2,1-3H3,(H,22,24). The molecule has 138 valence electrons. The fourth-order valence-electron chi connectivity index (χ4n) is 2.34. The number of amides is 2. The van der Waals surface area contributed by atoms with Crippen LogP contribution < -0.4 is 10.1 Å². The summed E-state index contributed by atoms with van der Waals surface area (Å²) in [5, 5.41) is 2.83. The summed E-state index contributed by atoms with van der Waals surface area (Å²) < 4.78 is 6.51. The van der Waals surface area contributed by atoms with E-state index in [0.717, 1.165) is 27.0 Å². The SMILES string of the molecule is Cc1ccc(OCCC(=O)N(C)CC(=O)Nc2ccc(Br)cc2C)cc1. The van der Waals surface area contributed by atoms with Gasteiger partial charge < -0.3 is 15.0 Å². The number of carbonyl (C=O) groups excluding carboxylic acids is 2. The largest absolute Gasteiger partial charge is 0.493 e. The van der Waals surface area contributed by atoms with Gasteiger partial charge in [0.15, 0.2) is 0 Å². The summed E-state index contributed by atoms with van der Waals surface area (Å²) in [6, 6.07) is 13.3. The van der Waals surface area contributed by atoms with Crippen LogP contribution in [0.1, 0.15) is 17.5 Å². The number of aryl methyl sites for hydroxylation is 2. The Morgan fingerprint density at radius 1 is 1.12 bits per heavy atom. The zero-order chi connectivity index (χ0) is 19.1. The number of benzene rings is 2. The van der Waals surface area contributed by atoms with Crippen molar-refractivity contribution in [1.29, 1.82) is 0 Å². The molecule has 0 spiro atoms. The molecule has 2 aromatic carbocycles. The van der Waals surface area contributed by atoms with E-state index in [1.807, 2.05) is 56.3 Å². The Balaban J connectivity index is 1.76. The number of hydrogen-bond donors (Lipinski definition) is 1. The molecular weight excluding hydrogens is 396 g/mol. The third kappa shape index (κ3) is 6.19. The van der Waals surface area contributed by atoms with E-state index < -0.39 is 0 Å². The first-order valence-corrected chi connectivity index (χ1v) is 9.14. The minimum Gasteiger partial charge on any atom is -0.493 e. The molecule has 26 heavy (non-hydrogen) atoms. The molecular formula is C20H23BrN2O3. The highest BCUT2D eigenvalue weighted by Crippen LogP contribution is 2.20. The molecule has 0 aromatic heterocycles. The second kappa shape index (κ2) is 9.38. The molecule has 2 amide bonds. The monoisotopic (exact) mass is 418 g/mol. The topological polar surface area (TPSA) is 58.6 Å². The predicted molar refractivity (Wildman–Crippen MR) is 106 cm³/mol. The molecule has 0 bridgehead atoms. The lowest BCUT2D eigenvalue weighted by atomic mass is 10.2. The number of likely N-dealkylation sites (N-methyl/N-ethyl adjacent to an activating group) is 1. The normalized spacial score (nSPS) is 10.3. The van der Waals surface area contributed by atoms with Crippen LogP contribution in [0.15, 0.2) is 46.9 Å². The highest BCUT2D eigenvalue weighted by Gasteiger charge is 2.14. The first kappa shape index (κ1) is 20.0. The van der Waals surface area contributed by atoms with Gasteiger partial charge in [0.1, 0.15) is 5.75 Å². The fraction of sp³-hybridized carbons (Fsp3) is 0.300. The number of nitrogens with zero attached hydrogens (tertiary/aromatic N) is 1. The van der Waals surface area contributed by atoms with E-state index in [2.05, 4.69) is 21.2 Å². The Bertz CT molecular complexity index is 775. The summed E-state index contributed by atoms with van der Waals surface area (Å²) in [5.74, 6) is 0.361. The first-order valence-electron chi connectivity index (χ1n) is 8.34. The van der Waals surface area contributed by atoms with Crippen molar-refractivity contribution in [2.75, 3.05) is 25.5 Å². The lowest BCUT2D eigenvalue weighted by Gasteiger charge is -2.17. The number of halogens is 1. The third-order valence-corrected chi connectivity index (χ3v) is 4.37. The van der Waals surface area contributed by atoms with Gasteiger partial charge in [0.25, 0.3) is 0 Å². The molecule has 0 saturated carbocycles. The van der Waals surface area contributed by atoms with Crippen LogP contribution in [0.5, 0.6) is 5.75 Å². The predicted octanol–water partition coefficient (Wildman–Crippen LogP) is 3.93. The van der Waals surface area contributed by atoms with E-state index in [1.165, 1.54) is 4.90 Å². The van der Waals surface area contributed by atoms with Crippen LogP contribution in [0.2, 0.25) is 0 Å². The average molecular weight is 419 g/mol. The summed E-state index contributed by atoms with van der Waals surface area (Å²) in [6.45, 7) is 4.19. The molecule has 2 rings (SSSR count). The van der Waals surface area contributed by atoms with Crippen molar-refractivity contribution in [1.82, 2.24) is 4.90 Å². The number of nitrogens with one attached hydrogen (secondary N) is 1. The molecule has 5 nitrogen and oxygen atoms in total. The second-order valence-corrected chi connectivity index (χ2v) is 7.08. The summed E-state index contributed by atoms with van der Waals surface area (Å²) in [7, 11) is 1.61. The number of rotatable bonds is 7. The van der Waals surface area contributed by atoms with Gasteiger partial charge in [-0.05, 0) is 49.7 Å². The quantitative estimate of drug-likeness (QED) is 0.740. The Morgan fingerprint density at radius 3 is 2.46 bits per heavy atom. The van der Waals surface area contributed by atoms with Gasteiger partial charge in [0, 0.05) is 17.2 Å². The van der Waals surface area contributed by atoms with Crippen LogP contribution in [0.25, 0.3) is 0 Å². The van der Waals surface area contributed by atoms with E-state index in [1.54, 1.807) is 7.05 Å². The Labute approximate surface area is 162 Å². The summed E-state index contributed by atoms with van der Waals surface area (Å²) >= 11 is 3.39. The van der Waals surface area contributed by atoms with Crippen molar-refractivity contribution in [2.45, 2.75) is 20.3 Å². The van der Waals surface area contributed by atoms with Crippen molar-refractivity contribution in [3.63, 3.8) is 0 Å². The number of carbonyl (C=O) groups is 2. The van der Waals surface area contributed by atoms with Gasteiger partial charge in [-0.1, -0.05) is 33.6 Å². The molecule has 0 saturated heterocycles. The highest BCUT2D eigenvalue weighted by atomic mass is 79.9. The smallest absolute Gasteiger partial charge is 0.243 e. The molecule has 0 unspecified atom stereocenters. The van der Waals surface area contributed by atoms with E-state index >= 15 is 0 Å². The van der Waals surface area contributed by atoms with E-state index in [9.17, 15) is 9.59 Å². The van der Waals surface area contributed by atoms with Gasteiger partial charge in [-0.3, -0.25) is 9.59 Å². The molecule has 2 aromatic rings. The molecule has 6 heteroatoms. The molecule has 1 N–H and O–H groups in total. The molecule has 0 aliphatic rings. The van der Waals surface area contributed by atoms with E-state index in [4.69, 9.17) is 4.74 Å². The maximum Gasteiger partial charge on any atom is 0.243 e. The van der Waals surface area contributed by atoms with Crippen LogP contribution >= 0.6 is 15.9 Å². The van der Waals surface area contributed by atoms with Gasteiger partial charge >= 0.3 is 0 Å². The highest BCUT2D eigenvalue weighted by molar-refractivity contribution is 9.10. The van der Waals surface area contributed by atoms with Crippen LogP contribution in [0.4, 0.5) is 5.69 Å². The average Bonchev–Trinajstić information content (AvgIpc) is 2.59. The lowest BCUT2D eigenvalue weighted by molar-refractivity contribution is -0.133. The van der Waals surface area contributed by atoms with Crippen molar-refractivity contribution in [3.05, 3.63) is 58.1 Å². The van der Waals surface area contributed by atoms with E-state index in [0.29, 0.717) is 0 Å². The zero-order valence-corrected chi connectivity index (χ0v) is 16.8. The van der Waals surface area contributed by atoms with Gasteiger partial charge in [-0.15, -0.1) is 0 Å². The lowest BCUT2D eigenvalue weighted by Crippen LogP contribution is -2.35. The summed E-state index contributed by atoms with van der Waals surface area (Å²) in [4.78, 5) is 25.7. The minimum absolute atomic E-state index is 0.00112. The van der Waals surface area contributed by atoms with Gasteiger partial charge in [0.2, 0.25) is 11.8 Å². The second-order valence-electron chi connectivity index (χ2n) is 6.17. The van der Waals surface area contributed by atoms with Crippen LogP contribution in [0, 0.1) is 13.8 Å². The van der Waals surface area contributed by atoms with Crippen LogP contribution in [0.3, 0.4) is 0 Å². The Kier molecular flexibility index (Phi) is 7.21. The Morgan fingerprint density at radius 2 is 1.81 bits per heavy atom. The summed E-state index contributed by atoms with van der Waals surface area (Å²) in [5.41, 5.74) is 2.84. The molecule has 0 heterocycles. The first-order chi connectivity index (χ1) is 12.3. The molecule has 0 aliphatic carbocycles. The molecule has 0 aliphatic heterocycles. The minimum atomic E-state index is -0.231. The van der Waals surface area contributed by atoms with Crippen molar-refractivity contribution in [2.24, 2.45) is 0 Å². The number of ether oxygens (including phenoxy) is 1. The summed E-state index contributed by atoms with van der Waals surface area (Å²) in [6.07, 6.45) is 0.217. The number of anilines is 1. The maximum absolute atomic E-state index is 12.1. The third-order valence-electron chi connectivity index (χ3n) is 3.87. The number of hydrogen-bond acceptors (Lipinski definition) is 3. The molecule has 0 fully saturated rings. The van der Waals surface area contributed by atoms with Crippen molar-refractivity contribution >= 4 is 33.4 Å². The zero-order valence-electron chi connectivity index (χ0n) is 15.2. The van der Waals surface area contributed by atoms with Crippen molar-refractivity contribution < 1.29 is 14.3 Å².